The molecule has 0 heterocycles. The molecule has 0 bridgehead atoms. The van der Waals surface area contributed by atoms with Gasteiger partial charge in [0.2, 0.25) is 0 Å². The van der Waals surface area contributed by atoms with Crippen molar-refractivity contribution in [1.82, 2.24) is 0 Å². The van der Waals surface area contributed by atoms with Crippen LogP contribution in [0.4, 0.5) is 0 Å². The zero-order valence-electron chi connectivity index (χ0n) is 11.0. The van der Waals surface area contributed by atoms with Gasteiger partial charge in [-0.25, -0.2) is 0 Å². The van der Waals surface area contributed by atoms with Crippen LogP contribution < -0.4 is 4.74 Å². The van der Waals surface area contributed by atoms with Crippen molar-refractivity contribution in [3.05, 3.63) is 28.8 Å². The molecule has 0 aromatic heterocycles. The van der Waals surface area contributed by atoms with Gasteiger partial charge in [-0.3, -0.25) is 0 Å². The minimum absolute atomic E-state index is 0.115. The van der Waals surface area contributed by atoms with Crippen LogP contribution in [0.2, 0.25) is 0 Å². The highest BCUT2D eigenvalue weighted by Gasteiger charge is 2.23. The van der Waals surface area contributed by atoms with E-state index < -0.39 is 0 Å². The number of rotatable bonds is 2. The van der Waals surface area contributed by atoms with E-state index in [9.17, 15) is 5.11 Å². The average molecular weight is 234 g/mol. The molecule has 17 heavy (non-hydrogen) atoms. The van der Waals surface area contributed by atoms with E-state index in [0.717, 1.165) is 25.0 Å². The molecule has 1 aromatic carbocycles. The van der Waals surface area contributed by atoms with Gasteiger partial charge in [0.1, 0.15) is 5.75 Å². The largest absolute Gasteiger partial charge is 0.496 e. The Labute approximate surface area is 104 Å². The topological polar surface area (TPSA) is 29.5 Å². The summed E-state index contributed by atoms with van der Waals surface area (Å²) in [6, 6.07) is 4.35. The molecule has 2 atom stereocenters. The summed E-state index contributed by atoms with van der Waals surface area (Å²) >= 11 is 0. The highest BCUT2D eigenvalue weighted by molar-refractivity contribution is 5.43. The molecule has 0 amide bonds. The maximum atomic E-state index is 9.78. The minimum Gasteiger partial charge on any atom is -0.496 e. The molecule has 0 radical (unpaired) electrons. The number of methoxy groups -OCH3 is 1. The lowest BCUT2D eigenvalue weighted by Crippen LogP contribution is -2.18. The standard InChI is InChI=1S/C15H22O2/c1-10-8-15(17-3)11(2)7-14(10)12-5-4-6-13(16)9-12/h7-8,12-13,16H,4-6,9H2,1-3H3. The van der Waals surface area contributed by atoms with Gasteiger partial charge < -0.3 is 9.84 Å². The number of hydrogen-bond acceptors (Lipinski definition) is 2. The molecular formula is C15H22O2. The summed E-state index contributed by atoms with van der Waals surface area (Å²) in [5.41, 5.74) is 3.86. The molecule has 1 aliphatic carbocycles. The van der Waals surface area contributed by atoms with Crippen molar-refractivity contribution in [2.75, 3.05) is 7.11 Å². The number of aryl methyl sites for hydroxylation is 2. The molecule has 94 valence electrons. The molecule has 2 unspecified atom stereocenters. The van der Waals surface area contributed by atoms with Crippen molar-refractivity contribution in [1.29, 1.82) is 0 Å². The van der Waals surface area contributed by atoms with Crippen LogP contribution in [0.25, 0.3) is 0 Å². The number of aliphatic hydroxyl groups is 1. The van der Waals surface area contributed by atoms with Gasteiger partial charge in [0.05, 0.1) is 13.2 Å². The highest BCUT2D eigenvalue weighted by atomic mass is 16.5. The average Bonchev–Trinajstić information content (AvgIpc) is 2.31. The van der Waals surface area contributed by atoms with E-state index in [-0.39, 0.29) is 6.10 Å². The van der Waals surface area contributed by atoms with Crippen LogP contribution in [-0.4, -0.2) is 18.3 Å². The Kier molecular flexibility index (Phi) is 3.72. The summed E-state index contributed by atoms with van der Waals surface area (Å²) in [4.78, 5) is 0. The highest BCUT2D eigenvalue weighted by Crippen LogP contribution is 2.36. The zero-order chi connectivity index (χ0) is 12.4. The first-order valence-electron chi connectivity index (χ1n) is 6.45. The minimum atomic E-state index is -0.115. The lowest BCUT2D eigenvalue weighted by molar-refractivity contribution is 0.119. The third-order valence-electron chi connectivity index (χ3n) is 3.87. The molecule has 0 aliphatic heterocycles. The molecule has 2 rings (SSSR count). The Hall–Kier alpha value is -1.02. The fourth-order valence-electron chi connectivity index (χ4n) is 2.92. The normalized spacial score (nSPS) is 24.7. The van der Waals surface area contributed by atoms with E-state index in [1.165, 1.54) is 23.1 Å². The van der Waals surface area contributed by atoms with Gasteiger partial charge in [-0.05, 0) is 61.8 Å². The Bertz CT molecular complexity index is 398. The number of hydrogen-bond donors (Lipinski definition) is 1. The monoisotopic (exact) mass is 234 g/mol. The van der Waals surface area contributed by atoms with Crippen LogP contribution in [0.3, 0.4) is 0 Å². The smallest absolute Gasteiger partial charge is 0.122 e. The SMILES string of the molecule is COc1cc(C)c(C2CCCC(O)C2)cc1C. The van der Waals surface area contributed by atoms with Gasteiger partial charge in [0.25, 0.3) is 0 Å². The van der Waals surface area contributed by atoms with Gasteiger partial charge in [-0.2, -0.15) is 0 Å². The van der Waals surface area contributed by atoms with Crippen LogP contribution in [0.5, 0.6) is 5.75 Å². The van der Waals surface area contributed by atoms with Gasteiger partial charge in [0.15, 0.2) is 0 Å². The number of ether oxygens (including phenoxy) is 1. The Morgan fingerprint density at radius 3 is 2.59 bits per heavy atom. The fraction of sp³-hybridized carbons (Fsp3) is 0.600. The van der Waals surface area contributed by atoms with E-state index in [1.54, 1.807) is 7.11 Å². The predicted octanol–water partition coefficient (Wildman–Crippen LogP) is 3.33. The van der Waals surface area contributed by atoms with Crippen molar-refractivity contribution in [2.24, 2.45) is 0 Å². The van der Waals surface area contributed by atoms with Gasteiger partial charge in [-0.15, -0.1) is 0 Å². The van der Waals surface area contributed by atoms with E-state index in [4.69, 9.17) is 4.74 Å². The lowest BCUT2D eigenvalue weighted by atomic mass is 9.80. The van der Waals surface area contributed by atoms with Crippen LogP contribution in [0.1, 0.15) is 48.3 Å². The molecule has 0 saturated heterocycles. The van der Waals surface area contributed by atoms with E-state index in [2.05, 4.69) is 26.0 Å². The summed E-state index contributed by atoms with van der Waals surface area (Å²) in [6.07, 6.45) is 4.09. The Morgan fingerprint density at radius 2 is 1.94 bits per heavy atom. The molecule has 0 spiro atoms. The molecule has 2 nitrogen and oxygen atoms in total. The fourth-order valence-corrected chi connectivity index (χ4v) is 2.92. The molecular weight excluding hydrogens is 212 g/mol. The van der Waals surface area contributed by atoms with Crippen molar-refractivity contribution >= 4 is 0 Å². The summed E-state index contributed by atoms with van der Waals surface area (Å²) in [6.45, 7) is 4.22. The first kappa shape index (κ1) is 12.4. The molecule has 1 N–H and O–H groups in total. The maximum Gasteiger partial charge on any atom is 0.122 e. The summed E-state index contributed by atoms with van der Waals surface area (Å²) in [7, 11) is 1.71. The van der Waals surface area contributed by atoms with Crippen molar-refractivity contribution < 1.29 is 9.84 Å². The second-order valence-electron chi connectivity index (χ2n) is 5.20. The van der Waals surface area contributed by atoms with Gasteiger partial charge in [-0.1, -0.05) is 12.5 Å². The van der Waals surface area contributed by atoms with Crippen LogP contribution in [-0.2, 0) is 0 Å². The Balaban J connectivity index is 2.28. The second kappa shape index (κ2) is 5.09. The quantitative estimate of drug-likeness (QED) is 0.850. The first-order chi connectivity index (χ1) is 8.11. The number of benzene rings is 1. The predicted molar refractivity (Wildman–Crippen MR) is 69.7 cm³/mol. The summed E-state index contributed by atoms with van der Waals surface area (Å²) in [5.74, 6) is 1.48. The van der Waals surface area contributed by atoms with E-state index in [1.807, 2.05) is 0 Å². The van der Waals surface area contributed by atoms with Gasteiger partial charge >= 0.3 is 0 Å². The van der Waals surface area contributed by atoms with Gasteiger partial charge in [0, 0.05) is 0 Å². The molecule has 1 aliphatic rings. The molecule has 2 heteroatoms. The second-order valence-corrected chi connectivity index (χ2v) is 5.20. The van der Waals surface area contributed by atoms with Crippen molar-refractivity contribution in [3.8, 4) is 5.75 Å². The molecule has 1 fully saturated rings. The zero-order valence-corrected chi connectivity index (χ0v) is 11.0. The number of aliphatic hydroxyl groups excluding tert-OH is 1. The van der Waals surface area contributed by atoms with Crippen LogP contribution >= 0.6 is 0 Å². The van der Waals surface area contributed by atoms with Crippen LogP contribution in [0, 0.1) is 13.8 Å². The van der Waals surface area contributed by atoms with E-state index in [0.29, 0.717) is 5.92 Å². The Morgan fingerprint density at radius 1 is 1.18 bits per heavy atom. The first-order valence-corrected chi connectivity index (χ1v) is 6.45. The summed E-state index contributed by atoms with van der Waals surface area (Å²) in [5, 5.41) is 9.78. The van der Waals surface area contributed by atoms with Crippen molar-refractivity contribution in [2.45, 2.75) is 51.6 Å². The maximum absolute atomic E-state index is 9.78. The van der Waals surface area contributed by atoms with Crippen molar-refractivity contribution in [3.63, 3.8) is 0 Å². The van der Waals surface area contributed by atoms with Crippen LogP contribution in [0.15, 0.2) is 12.1 Å². The summed E-state index contributed by atoms with van der Waals surface area (Å²) < 4.78 is 5.34. The molecule has 1 saturated carbocycles. The third kappa shape index (κ3) is 2.63. The molecule has 1 aromatic rings. The lowest BCUT2D eigenvalue weighted by Gasteiger charge is -2.28. The van der Waals surface area contributed by atoms with E-state index >= 15 is 0 Å². The third-order valence-corrected chi connectivity index (χ3v) is 3.87.